The van der Waals surface area contributed by atoms with Crippen molar-refractivity contribution in [2.45, 2.75) is 38.5 Å². The van der Waals surface area contributed by atoms with Crippen LogP contribution in [0.3, 0.4) is 0 Å². The molecule has 0 bridgehead atoms. The van der Waals surface area contributed by atoms with Gasteiger partial charge >= 0.3 is 5.76 Å². The average Bonchev–Trinajstić information content (AvgIpc) is 3.03. The molecule has 1 aromatic heterocycles. The summed E-state index contributed by atoms with van der Waals surface area (Å²) in [4.78, 5) is 11.6. The summed E-state index contributed by atoms with van der Waals surface area (Å²) in [5.74, 6) is -0.319. The third-order valence-corrected chi connectivity index (χ3v) is 3.76. The highest BCUT2D eigenvalue weighted by atomic mass is 16.5. The van der Waals surface area contributed by atoms with Crippen LogP contribution in [-0.2, 0) is 11.3 Å². The Kier molecular flexibility index (Phi) is 3.16. The fraction of sp³-hybridized carbons (Fsp3) is 0.500. The average molecular weight is 262 g/mol. The zero-order valence-electron chi connectivity index (χ0n) is 11.0. The topological polar surface area (TPSA) is 70.4 Å². The summed E-state index contributed by atoms with van der Waals surface area (Å²) >= 11 is 0. The quantitative estimate of drug-likeness (QED) is 0.915. The van der Waals surface area contributed by atoms with Gasteiger partial charge in [-0.3, -0.25) is 4.57 Å². The van der Waals surface area contributed by atoms with Gasteiger partial charge in [0.15, 0.2) is 5.58 Å². The zero-order chi connectivity index (χ0) is 13.4. The lowest BCUT2D eigenvalue weighted by Gasteiger charge is -2.18. The summed E-state index contributed by atoms with van der Waals surface area (Å²) in [6.07, 6.45) is 2.11. The molecule has 1 aromatic carbocycles. The van der Waals surface area contributed by atoms with Gasteiger partial charge in [-0.2, -0.15) is 0 Å². The molecular weight excluding hydrogens is 244 g/mol. The summed E-state index contributed by atoms with van der Waals surface area (Å²) in [6, 6.07) is 5.54. The van der Waals surface area contributed by atoms with E-state index in [1.807, 2.05) is 25.1 Å². The molecule has 1 aliphatic rings. The highest BCUT2D eigenvalue weighted by molar-refractivity contribution is 5.74. The van der Waals surface area contributed by atoms with Crippen molar-refractivity contribution in [3.05, 3.63) is 34.3 Å². The molecule has 0 aliphatic carbocycles. The SMILES string of the molecule is CCn1c(=O)oc2cc(C(N)C3CCCO3)ccc21. The second kappa shape index (κ2) is 4.83. The predicted molar refractivity (Wildman–Crippen MR) is 72.1 cm³/mol. The van der Waals surface area contributed by atoms with E-state index < -0.39 is 0 Å². The molecule has 19 heavy (non-hydrogen) atoms. The van der Waals surface area contributed by atoms with Crippen LogP contribution in [0.15, 0.2) is 27.4 Å². The van der Waals surface area contributed by atoms with Crippen LogP contribution in [0.1, 0.15) is 31.4 Å². The molecule has 0 spiro atoms. The smallest absolute Gasteiger partial charge is 0.408 e. The molecule has 3 rings (SSSR count). The van der Waals surface area contributed by atoms with Crippen molar-refractivity contribution >= 4 is 11.1 Å². The van der Waals surface area contributed by atoms with Gasteiger partial charge in [0, 0.05) is 13.2 Å². The Morgan fingerprint density at radius 3 is 3.05 bits per heavy atom. The number of ether oxygens (including phenoxy) is 1. The lowest BCUT2D eigenvalue weighted by molar-refractivity contribution is 0.0900. The first-order chi connectivity index (χ1) is 9.20. The van der Waals surface area contributed by atoms with Crippen molar-refractivity contribution in [2.75, 3.05) is 6.61 Å². The van der Waals surface area contributed by atoms with E-state index in [9.17, 15) is 4.79 Å². The van der Waals surface area contributed by atoms with E-state index in [2.05, 4.69) is 0 Å². The summed E-state index contributed by atoms with van der Waals surface area (Å²) in [6.45, 7) is 3.30. The van der Waals surface area contributed by atoms with E-state index in [-0.39, 0.29) is 17.9 Å². The van der Waals surface area contributed by atoms with Gasteiger partial charge in [0.1, 0.15) is 0 Å². The molecule has 1 fully saturated rings. The number of aryl methyl sites for hydroxylation is 1. The molecule has 5 nitrogen and oxygen atoms in total. The maximum absolute atomic E-state index is 11.6. The number of rotatable bonds is 3. The summed E-state index contributed by atoms with van der Waals surface area (Å²) in [5.41, 5.74) is 8.58. The van der Waals surface area contributed by atoms with Gasteiger partial charge in [0.25, 0.3) is 0 Å². The van der Waals surface area contributed by atoms with Crippen molar-refractivity contribution in [3.63, 3.8) is 0 Å². The van der Waals surface area contributed by atoms with Gasteiger partial charge in [-0.05, 0) is 37.5 Å². The maximum atomic E-state index is 11.6. The number of nitrogens with two attached hydrogens (primary N) is 1. The molecule has 0 amide bonds. The van der Waals surface area contributed by atoms with Gasteiger partial charge in [-0.25, -0.2) is 4.79 Å². The number of nitrogens with zero attached hydrogens (tertiary/aromatic N) is 1. The lowest BCUT2D eigenvalue weighted by atomic mass is 10.00. The lowest BCUT2D eigenvalue weighted by Crippen LogP contribution is -2.25. The summed E-state index contributed by atoms with van der Waals surface area (Å²) < 4.78 is 12.5. The molecule has 2 N–H and O–H groups in total. The molecule has 1 saturated heterocycles. The number of hydrogen-bond donors (Lipinski definition) is 1. The Labute approximate surface area is 111 Å². The molecule has 2 unspecified atom stereocenters. The van der Waals surface area contributed by atoms with E-state index in [1.54, 1.807) is 4.57 Å². The Balaban J connectivity index is 1.99. The minimum absolute atomic E-state index is 0.0671. The fourth-order valence-corrected chi connectivity index (χ4v) is 2.69. The maximum Gasteiger partial charge on any atom is 0.419 e. The van der Waals surface area contributed by atoms with Crippen LogP contribution in [-0.4, -0.2) is 17.3 Å². The molecule has 1 aliphatic heterocycles. The molecule has 102 valence electrons. The minimum Gasteiger partial charge on any atom is -0.408 e. The largest absolute Gasteiger partial charge is 0.419 e. The number of oxazole rings is 1. The molecule has 2 aromatic rings. The number of fused-ring (bicyclic) bond motifs is 1. The van der Waals surface area contributed by atoms with E-state index in [1.165, 1.54) is 0 Å². The van der Waals surface area contributed by atoms with Crippen LogP contribution >= 0.6 is 0 Å². The highest BCUT2D eigenvalue weighted by Crippen LogP contribution is 2.27. The van der Waals surface area contributed by atoms with Crippen LogP contribution in [0.4, 0.5) is 0 Å². The summed E-state index contributed by atoms with van der Waals surface area (Å²) in [7, 11) is 0. The second-order valence-corrected chi connectivity index (χ2v) is 4.92. The van der Waals surface area contributed by atoms with Gasteiger partial charge in [0.2, 0.25) is 0 Å². The normalized spacial score (nSPS) is 21.1. The van der Waals surface area contributed by atoms with Crippen LogP contribution in [0, 0.1) is 0 Å². The zero-order valence-corrected chi connectivity index (χ0v) is 11.0. The van der Waals surface area contributed by atoms with Crippen molar-refractivity contribution < 1.29 is 9.15 Å². The van der Waals surface area contributed by atoms with Gasteiger partial charge < -0.3 is 14.9 Å². The van der Waals surface area contributed by atoms with E-state index in [0.29, 0.717) is 12.1 Å². The summed E-state index contributed by atoms with van der Waals surface area (Å²) in [5, 5.41) is 0. The van der Waals surface area contributed by atoms with Crippen LogP contribution < -0.4 is 11.5 Å². The number of benzene rings is 1. The first-order valence-electron chi connectivity index (χ1n) is 6.71. The predicted octanol–water partition coefficient (Wildman–Crippen LogP) is 1.79. The molecule has 5 heteroatoms. The minimum atomic E-state index is -0.319. The number of hydrogen-bond acceptors (Lipinski definition) is 4. The third-order valence-electron chi connectivity index (χ3n) is 3.76. The van der Waals surface area contributed by atoms with Crippen molar-refractivity contribution in [1.29, 1.82) is 0 Å². The first kappa shape index (κ1) is 12.4. The molecule has 2 atom stereocenters. The number of aromatic nitrogens is 1. The second-order valence-electron chi connectivity index (χ2n) is 4.92. The molecular formula is C14H18N2O3. The van der Waals surface area contributed by atoms with Crippen LogP contribution in [0.5, 0.6) is 0 Å². The Hall–Kier alpha value is -1.59. The Bertz CT molecular complexity index is 638. The van der Waals surface area contributed by atoms with Crippen LogP contribution in [0.2, 0.25) is 0 Å². The highest BCUT2D eigenvalue weighted by Gasteiger charge is 2.24. The van der Waals surface area contributed by atoms with Gasteiger partial charge in [-0.1, -0.05) is 6.07 Å². The van der Waals surface area contributed by atoms with Crippen molar-refractivity contribution in [2.24, 2.45) is 5.73 Å². The van der Waals surface area contributed by atoms with Gasteiger partial charge in [-0.15, -0.1) is 0 Å². The molecule has 0 radical (unpaired) electrons. The van der Waals surface area contributed by atoms with E-state index >= 15 is 0 Å². The third kappa shape index (κ3) is 2.09. The van der Waals surface area contributed by atoms with Crippen molar-refractivity contribution in [1.82, 2.24) is 4.57 Å². The fourth-order valence-electron chi connectivity index (χ4n) is 2.69. The van der Waals surface area contributed by atoms with E-state index in [4.69, 9.17) is 14.9 Å². The first-order valence-corrected chi connectivity index (χ1v) is 6.71. The molecule has 2 heterocycles. The standard InChI is InChI=1S/C14H18N2O3/c1-2-16-10-6-5-9(8-12(10)19-14(16)17)13(15)11-4-3-7-18-11/h5-6,8,11,13H,2-4,7,15H2,1H3. The van der Waals surface area contributed by atoms with Gasteiger partial charge in [0.05, 0.1) is 17.7 Å². The van der Waals surface area contributed by atoms with E-state index in [0.717, 1.165) is 30.5 Å². The molecule has 0 saturated carbocycles. The van der Waals surface area contributed by atoms with Crippen molar-refractivity contribution in [3.8, 4) is 0 Å². The Morgan fingerprint density at radius 1 is 1.53 bits per heavy atom. The Morgan fingerprint density at radius 2 is 2.37 bits per heavy atom. The monoisotopic (exact) mass is 262 g/mol. The van der Waals surface area contributed by atoms with Crippen LogP contribution in [0.25, 0.3) is 11.1 Å².